The second kappa shape index (κ2) is 5.53. The second-order valence-corrected chi connectivity index (χ2v) is 6.06. The van der Waals surface area contributed by atoms with E-state index in [2.05, 4.69) is 19.1 Å². The van der Waals surface area contributed by atoms with Crippen molar-refractivity contribution in [1.29, 1.82) is 0 Å². The molecule has 0 amide bonds. The molecule has 0 radical (unpaired) electrons. The van der Waals surface area contributed by atoms with Crippen LogP contribution in [0.25, 0.3) is 0 Å². The first-order valence-electron chi connectivity index (χ1n) is 6.00. The van der Waals surface area contributed by atoms with Gasteiger partial charge in [-0.15, -0.1) is 11.8 Å². The highest BCUT2D eigenvalue weighted by atomic mass is 32.2. The molecule has 0 unspecified atom stereocenters. The van der Waals surface area contributed by atoms with Gasteiger partial charge in [0.15, 0.2) is 0 Å². The first-order chi connectivity index (χ1) is 7.78. The minimum absolute atomic E-state index is 0.765. The molecule has 0 bridgehead atoms. The van der Waals surface area contributed by atoms with Crippen molar-refractivity contribution >= 4 is 18.0 Å². The Hall–Kier alpha value is -0.760. The first-order valence-corrected chi connectivity index (χ1v) is 6.88. The maximum atomic E-state index is 10.5. The first kappa shape index (κ1) is 11.7. The van der Waals surface area contributed by atoms with Crippen molar-refractivity contribution in [2.75, 3.05) is 0 Å². The maximum Gasteiger partial charge on any atom is 0.150 e. The lowest BCUT2D eigenvalue weighted by atomic mass is 9.91. The van der Waals surface area contributed by atoms with E-state index in [4.69, 9.17) is 0 Å². The quantitative estimate of drug-likeness (QED) is 0.730. The predicted octanol–water partition coefficient (Wildman–Crippen LogP) is 4.17. The molecule has 86 valence electrons. The van der Waals surface area contributed by atoms with Crippen LogP contribution >= 0.6 is 11.8 Å². The van der Waals surface area contributed by atoms with Crippen LogP contribution in [0.5, 0.6) is 0 Å². The molecule has 0 atom stereocenters. The van der Waals surface area contributed by atoms with Crippen molar-refractivity contribution in [3.63, 3.8) is 0 Å². The molecule has 0 N–H and O–H groups in total. The summed E-state index contributed by atoms with van der Waals surface area (Å²) in [5.74, 6) is 0.911. The predicted molar refractivity (Wildman–Crippen MR) is 69.1 cm³/mol. The lowest BCUT2D eigenvalue weighted by molar-refractivity contribution is 0.112. The monoisotopic (exact) mass is 234 g/mol. The molecule has 1 aromatic carbocycles. The summed E-state index contributed by atoms with van der Waals surface area (Å²) in [6.07, 6.45) is 6.30. The molecule has 0 spiro atoms. The number of hydrogen-bond donors (Lipinski definition) is 0. The molecule has 1 fully saturated rings. The topological polar surface area (TPSA) is 17.1 Å². The van der Waals surface area contributed by atoms with Crippen LogP contribution in [0.3, 0.4) is 0 Å². The number of carbonyl (C=O) groups excluding carboxylic acids is 1. The van der Waals surface area contributed by atoms with Gasteiger partial charge in [-0.1, -0.05) is 19.1 Å². The molecule has 1 nitrogen and oxygen atoms in total. The van der Waals surface area contributed by atoms with Crippen LogP contribution in [0.15, 0.2) is 29.2 Å². The summed E-state index contributed by atoms with van der Waals surface area (Å²) >= 11 is 1.97. The Balaban J connectivity index is 1.91. The normalized spacial score (nSPS) is 25.3. The third-order valence-corrected chi connectivity index (χ3v) is 4.63. The van der Waals surface area contributed by atoms with E-state index in [1.807, 2.05) is 23.9 Å². The van der Waals surface area contributed by atoms with Crippen LogP contribution in [0.1, 0.15) is 43.0 Å². The van der Waals surface area contributed by atoms with Gasteiger partial charge in [0.1, 0.15) is 6.29 Å². The van der Waals surface area contributed by atoms with Crippen molar-refractivity contribution in [1.82, 2.24) is 0 Å². The summed E-state index contributed by atoms with van der Waals surface area (Å²) in [6.45, 7) is 2.35. The third-order valence-electron chi connectivity index (χ3n) is 3.28. The number of hydrogen-bond acceptors (Lipinski definition) is 2. The van der Waals surface area contributed by atoms with Crippen molar-refractivity contribution in [2.24, 2.45) is 5.92 Å². The molecule has 2 heteroatoms. The number of thioether (sulfide) groups is 1. The number of benzene rings is 1. The van der Waals surface area contributed by atoms with E-state index < -0.39 is 0 Å². The fourth-order valence-corrected chi connectivity index (χ4v) is 3.35. The SMILES string of the molecule is CC1CCC(Sc2ccc(C=O)cc2)CC1. The van der Waals surface area contributed by atoms with Crippen LogP contribution in [0.4, 0.5) is 0 Å². The average molecular weight is 234 g/mol. The van der Waals surface area contributed by atoms with Crippen LogP contribution in [0.2, 0.25) is 0 Å². The smallest absolute Gasteiger partial charge is 0.150 e. The van der Waals surface area contributed by atoms with Gasteiger partial charge in [-0.2, -0.15) is 0 Å². The average Bonchev–Trinajstić information content (AvgIpc) is 2.33. The molecule has 0 aromatic heterocycles. The summed E-state index contributed by atoms with van der Waals surface area (Å²) in [5, 5.41) is 0.776. The second-order valence-electron chi connectivity index (χ2n) is 4.69. The minimum Gasteiger partial charge on any atom is -0.298 e. The zero-order valence-corrected chi connectivity index (χ0v) is 10.5. The van der Waals surface area contributed by atoms with E-state index in [1.165, 1.54) is 30.6 Å². The Morgan fingerprint density at radius 2 is 1.75 bits per heavy atom. The zero-order chi connectivity index (χ0) is 11.4. The van der Waals surface area contributed by atoms with Crippen LogP contribution < -0.4 is 0 Å². The lowest BCUT2D eigenvalue weighted by Crippen LogP contribution is -2.13. The van der Waals surface area contributed by atoms with E-state index in [-0.39, 0.29) is 0 Å². The number of rotatable bonds is 3. The van der Waals surface area contributed by atoms with Gasteiger partial charge in [-0.25, -0.2) is 0 Å². The van der Waals surface area contributed by atoms with Crippen molar-refractivity contribution < 1.29 is 4.79 Å². The van der Waals surface area contributed by atoms with Gasteiger partial charge in [-0.3, -0.25) is 4.79 Å². The summed E-state index contributed by atoms with van der Waals surface area (Å²) < 4.78 is 0. The van der Waals surface area contributed by atoms with E-state index in [1.54, 1.807) is 0 Å². The fourth-order valence-electron chi connectivity index (χ4n) is 2.16. The summed E-state index contributed by atoms with van der Waals surface area (Å²) in [6, 6.07) is 7.93. The largest absolute Gasteiger partial charge is 0.298 e. The molecular weight excluding hydrogens is 216 g/mol. The van der Waals surface area contributed by atoms with E-state index in [9.17, 15) is 4.79 Å². The fraction of sp³-hybridized carbons (Fsp3) is 0.500. The van der Waals surface area contributed by atoms with Gasteiger partial charge >= 0.3 is 0 Å². The van der Waals surface area contributed by atoms with Crippen LogP contribution in [0, 0.1) is 5.92 Å². The van der Waals surface area contributed by atoms with Crippen LogP contribution in [-0.2, 0) is 0 Å². The highest BCUT2D eigenvalue weighted by Gasteiger charge is 2.18. The van der Waals surface area contributed by atoms with Crippen molar-refractivity contribution in [3.8, 4) is 0 Å². The third kappa shape index (κ3) is 3.11. The van der Waals surface area contributed by atoms with Crippen molar-refractivity contribution in [2.45, 2.75) is 42.8 Å². The molecule has 1 aromatic rings. The van der Waals surface area contributed by atoms with E-state index in [0.29, 0.717) is 0 Å². The molecule has 1 aliphatic carbocycles. The Bertz CT molecular complexity index is 336. The number of aldehydes is 1. The standard InChI is InChI=1S/C14H18OS/c1-11-2-6-13(7-3-11)16-14-8-4-12(10-15)5-9-14/h4-5,8-11,13H,2-3,6-7H2,1H3. The minimum atomic E-state index is 0.765. The summed E-state index contributed by atoms with van der Waals surface area (Å²) in [5.41, 5.74) is 0.765. The Morgan fingerprint density at radius 3 is 2.31 bits per heavy atom. The highest BCUT2D eigenvalue weighted by molar-refractivity contribution is 8.00. The molecule has 1 aliphatic rings. The molecule has 0 aliphatic heterocycles. The summed E-state index contributed by atoms with van der Waals surface area (Å²) in [7, 11) is 0. The van der Waals surface area contributed by atoms with Crippen molar-refractivity contribution in [3.05, 3.63) is 29.8 Å². The van der Waals surface area contributed by atoms with Gasteiger partial charge in [0.2, 0.25) is 0 Å². The zero-order valence-electron chi connectivity index (χ0n) is 9.69. The highest BCUT2D eigenvalue weighted by Crippen LogP contribution is 2.35. The van der Waals surface area contributed by atoms with Gasteiger partial charge in [0.25, 0.3) is 0 Å². The Morgan fingerprint density at radius 1 is 1.12 bits per heavy atom. The molecule has 0 heterocycles. The maximum absolute atomic E-state index is 10.5. The Labute approximate surface area is 102 Å². The molecule has 2 rings (SSSR count). The molecule has 16 heavy (non-hydrogen) atoms. The summed E-state index contributed by atoms with van der Waals surface area (Å²) in [4.78, 5) is 11.8. The van der Waals surface area contributed by atoms with Gasteiger partial charge in [0.05, 0.1) is 0 Å². The van der Waals surface area contributed by atoms with Crippen LogP contribution in [-0.4, -0.2) is 11.5 Å². The van der Waals surface area contributed by atoms with E-state index in [0.717, 1.165) is 23.0 Å². The molecule has 0 saturated heterocycles. The Kier molecular flexibility index (Phi) is 4.05. The molecular formula is C14H18OS. The van der Waals surface area contributed by atoms with E-state index >= 15 is 0 Å². The van der Waals surface area contributed by atoms with Gasteiger partial charge in [-0.05, 0) is 43.7 Å². The van der Waals surface area contributed by atoms with Gasteiger partial charge < -0.3 is 0 Å². The van der Waals surface area contributed by atoms with Gasteiger partial charge in [0, 0.05) is 15.7 Å². The lowest BCUT2D eigenvalue weighted by Gasteiger charge is -2.25. The number of carbonyl (C=O) groups is 1. The molecule has 1 saturated carbocycles.